The van der Waals surface area contributed by atoms with Crippen LogP contribution in [0.2, 0.25) is 0 Å². The Balaban J connectivity index is 1.99. The van der Waals surface area contributed by atoms with Crippen LogP contribution in [0.15, 0.2) is 6.07 Å². The summed E-state index contributed by atoms with van der Waals surface area (Å²) in [4.78, 5) is 24.3. The Kier molecular flexibility index (Phi) is 5.06. The topological polar surface area (TPSA) is 68.5 Å². The molecule has 0 saturated heterocycles. The van der Waals surface area contributed by atoms with Crippen LogP contribution in [0.4, 0.5) is 0 Å². The Morgan fingerprint density at radius 2 is 1.91 bits per heavy atom. The number of rotatable bonds is 5. The number of aromatic nitrogens is 1. The molecule has 0 aromatic carbocycles. The van der Waals surface area contributed by atoms with E-state index < -0.39 is 11.6 Å². The lowest BCUT2D eigenvalue weighted by molar-refractivity contribution is -0.167. The summed E-state index contributed by atoms with van der Waals surface area (Å²) in [6, 6.07) is 1.82. The van der Waals surface area contributed by atoms with Crippen LogP contribution in [-0.2, 0) is 16.1 Å². The van der Waals surface area contributed by atoms with E-state index in [1.165, 1.54) is 0 Å². The zero-order valence-electron chi connectivity index (χ0n) is 13.6. The first kappa shape index (κ1) is 16.7. The zero-order valence-corrected chi connectivity index (χ0v) is 13.6. The highest BCUT2D eigenvalue weighted by molar-refractivity contribution is 5.99. The van der Waals surface area contributed by atoms with Gasteiger partial charge in [-0.15, -0.1) is 0 Å². The van der Waals surface area contributed by atoms with Crippen molar-refractivity contribution in [2.45, 2.75) is 65.0 Å². The van der Waals surface area contributed by atoms with Crippen LogP contribution >= 0.6 is 0 Å². The number of ketones is 1. The molecule has 1 fully saturated rings. The molecule has 122 valence electrons. The molecule has 1 N–H and O–H groups in total. The van der Waals surface area contributed by atoms with Gasteiger partial charge in [-0.05, 0) is 52.5 Å². The minimum absolute atomic E-state index is 0.222. The molecule has 0 spiro atoms. The van der Waals surface area contributed by atoms with Crippen molar-refractivity contribution < 1.29 is 19.4 Å². The maximum atomic E-state index is 12.3. The van der Waals surface area contributed by atoms with Gasteiger partial charge in [-0.3, -0.25) is 4.79 Å². The third kappa shape index (κ3) is 3.24. The highest BCUT2D eigenvalue weighted by Gasteiger charge is 2.39. The van der Waals surface area contributed by atoms with Crippen molar-refractivity contribution in [3.8, 4) is 0 Å². The Morgan fingerprint density at radius 3 is 2.45 bits per heavy atom. The van der Waals surface area contributed by atoms with Gasteiger partial charge in [0.25, 0.3) is 0 Å². The van der Waals surface area contributed by atoms with Gasteiger partial charge in [0.2, 0.25) is 5.78 Å². The van der Waals surface area contributed by atoms with E-state index in [-0.39, 0.29) is 12.4 Å². The van der Waals surface area contributed by atoms with Crippen LogP contribution in [-0.4, -0.2) is 33.6 Å². The van der Waals surface area contributed by atoms with Gasteiger partial charge in [0.15, 0.2) is 12.2 Å². The molecule has 0 unspecified atom stereocenters. The number of hydrogen-bond acceptors (Lipinski definition) is 4. The summed E-state index contributed by atoms with van der Waals surface area (Å²) in [5.74, 6) is -0.884. The number of nitrogens with zero attached hydrogens (tertiary/aromatic N) is 1. The molecular formula is C17H25NO4. The molecule has 0 aliphatic heterocycles. The minimum atomic E-state index is -1.40. The highest BCUT2D eigenvalue weighted by atomic mass is 16.6. The van der Waals surface area contributed by atoms with E-state index in [9.17, 15) is 14.7 Å². The summed E-state index contributed by atoms with van der Waals surface area (Å²) >= 11 is 0. The number of hydrogen-bond donors (Lipinski definition) is 1. The van der Waals surface area contributed by atoms with E-state index in [1.54, 1.807) is 0 Å². The second-order valence-electron chi connectivity index (χ2n) is 6.12. The molecule has 1 aromatic heterocycles. The third-order valence-electron chi connectivity index (χ3n) is 4.59. The SMILES string of the molecule is CCn1c(C)cc(C(=O)COC(=O)C2(O)CCCCC2)c1C. The second kappa shape index (κ2) is 6.65. The molecule has 0 bridgehead atoms. The van der Waals surface area contributed by atoms with Crippen LogP contribution in [0.5, 0.6) is 0 Å². The van der Waals surface area contributed by atoms with E-state index >= 15 is 0 Å². The maximum Gasteiger partial charge on any atom is 0.338 e. The third-order valence-corrected chi connectivity index (χ3v) is 4.59. The molecule has 5 heteroatoms. The summed E-state index contributed by atoms with van der Waals surface area (Å²) in [6.45, 7) is 6.34. The number of aliphatic hydroxyl groups is 1. The van der Waals surface area contributed by atoms with E-state index in [4.69, 9.17) is 4.74 Å². The van der Waals surface area contributed by atoms with Crippen LogP contribution in [0, 0.1) is 13.8 Å². The minimum Gasteiger partial charge on any atom is -0.455 e. The lowest BCUT2D eigenvalue weighted by Crippen LogP contribution is -2.42. The lowest BCUT2D eigenvalue weighted by Gasteiger charge is -2.29. The summed E-state index contributed by atoms with van der Waals surface area (Å²) in [7, 11) is 0. The first-order valence-corrected chi connectivity index (χ1v) is 7.98. The van der Waals surface area contributed by atoms with Gasteiger partial charge in [0.05, 0.1) is 0 Å². The van der Waals surface area contributed by atoms with Crippen LogP contribution in [0.3, 0.4) is 0 Å². The monoisotopic (exact) mass is 307 g/mol. The van der Waals surface area contributed by atoms with Gasteiger partial charge in [-0.25, -0.2) is 4.79 Å². The first-order chi connectivity index (χ1) is 10.4. The van der Waals surface area contributed by atoms with Crippen LogP contribution < -0.4 is 0 Å². The first-order valence-electron chi connectivity index (χ1n) is 7.98. The van der Waals surface area contributed by atoms with Crippen molar-refractivity contribution in [3.63, 3.8) is 0 Å². The highest BCUT2D eigenvalue weighted by Crippen LogP contribution is 2.29. The molecule has 5 nitrogen and oxygen atoms in total. The average molecular weight is 307 g/mol. The molecule has 0 atom stereocenters. The second-order valence-corrected chi connectivity index (χ2v) is 6.12. The maximum absolute atomic E-state index is 12.3. The molecule has 1 aliphatic carbocycles. The molecule has 1 saturated carbocycles. The number of esters is 1. The summed E-state index contributed by atoms with van der Waals surface area (Å²) in [6.07, 6.45) is 3.50. The number of ether oxygens (including phenoxy) is 1. The molecule has 1 aliphatic rings. The number of Topliss-reactive ketones (excluding diaryl/α,β-unsaturated/α-hetero) is 1. The molecule has 22 heavy (non-hydrogen) atoms. The van der Waals surface area contributed by atoms with E-state index in [0.29, 0.717) is 18.4 Å². The average Bonchev–Trinajstić information content (AvgIpc) is 2.79. The normalized spacial score (nSPS) is 17.3. The molecule has 1 heterocycles. The lowest BCUT2D eigenvalue weighted by atomic mass is 9.85. The van der Waals surface area contributed by atoms with Crippen molar-refractivity contribution in [1.82, 2.24) is 4.57 Å². The van der Waals surface area contributed by atoms with E-state index in [2.05, 4.69) is 0 Å². The van der Waals surface area contributed by atoms with Gasteiger partial charge in [0, 0.05) is 23.5 Å². The van der Waals surface area contributed by atoms with Gasteiger partial charge in [-0.2, -0.15) is 0 Å². The summed E-state index contributed by atoms with van der Waals surface area (Å²) < 4.78 is 7.14. The van der Waals surface area contributed by atoms with Crippen LogP contribution in [0.1, 0.15) is 60.8 Å². The molecular weight excluding hydrogens is 282 g/mol. The predicted molar refractivity (Wildman–Crippen MR) is 82.9 cm³/mol. The molecule has 1 aromatic rings. The largest absolute Gasteiger partial charge is 0.455 e. The molecule has 0 radical (unpaired) electrons. The Labute approximate surface area is 131 Å². The van der Waals surface area contributed by atoms with Crippen molar-refractivity contribution in [3.05, 3.63) is 23.0 Å². The standard InChI is InChI=1S/C17H25NO4/c1-4-18-12(2)10-14(13(18)3)15(19)11-22-16(20)17(21)8-6-5-7-9-17/h10,21H,4-9,11H2,1-3H3. The zero-order chi connectivity index (χ0) is 16.3. The molecule has 0 amide bonds. The van der Waals surface area contributed by atoms with Gasteiger partial charge in [-0.1, -0.05) is 6.42 Å². The van der Waals surface area contributed by atoms with Gasteiger partial charge >= 0.3 is 5.97 Å². The van der Waals surface area contributed by atoms with Crippen LogP contribution in [0.25, 0.3) is 0 Å². The summed E-state index contributed by atoms with van der Waals surface area (Å²) in [5.41, 5.74) is 1.08. The van der Waals surface area contributed by atoms with Gasteiger partial charge < -0.3 is 14.4 Å². The number of carbonyl (C=O) groups is 2. The Hall–Kier alpha value is -1.62. The van der Waals surface area contributed by atoms with E-state index in [1.807, 2.05) is 31.4 Å². The van der Waals surface area contributed by atoms with E-state index in [0.717, 1.165) is 37.2 Å². The van der Waals surface area contributed by atoms with Crippen molar-refractivity contribution in [2.75, 3.05) is 6.61 Å². The quantitative estimate of drug-likeness (QED) is 0.670. The fourth-order valence-electron chi connectivity index (χ4n) is 3.25. The van der Waals surface area contributed by atoms with Crippen molar-refractivity contribution >= 4 is 11.8 Å². The number of aryl methyl sites for hydroxylation is 1. The van der Waals surface area contributed by atoms with Crippen molar-refractivity contribution in [1.29, 1.82) is 0 Å². The fraction of sp³-hybridized carbons (Fsp3) is 0.647. The smallest absolute Gasteiger partial charge is 0.338 e. The Morgan fingerprint density at radius 1 is 1.27 bits per heavy atom. The van der Waals surface area contributed by atoms with Gasteiger partial charge in [0.1, 0.15) is 0 Å². The number of carbonyl (C=O) groups excluding carboxylic acids is 2. The summed E-state index contributed by atoms with van der Waals surface area (Å²) in [5, 5.41) is 10.3. The predicted octanol–water partition coefficient (Wildman–Crippen LogP) is 2.55. The Bertz CT molecular complexity index is 567. The fourth-order valence-corrected chi connectivity index (χ4v) is 3.25. The van der Waals surface area contributed by atoms with Crippen molar-refractivity contribution in [2.24, 2.45) is 0 Å². The molecule has 2 rings (SSSR count).